The summed E-state index contributed by atoms with van der Waals surface area (Å²) in [5, 5.41) is 4.58. The number of halogens is 2. The maximum atomic E-state index is 11.7. The summed E-state index contributed by atoms with van der Waals surface area (Å²) in [5.41, 5.74) is 8.79. The Labute approximate surface area is 143 Å². The van der Waals surface area contributed by atoms with Crippen LogP contribution in [-0.4, -0.2) is 29.7 Å². The molecule has 1 fully saturated rings. The second kappa shape index (κ2) is 5.36. The van der Waals surface area contributed by atoms with Crippen LogP contribution in [0.5, 0.6) is 0 Å². The lowest BCUT2D eigenvalue weighted by Gasteiger charge is -2.10. The lowest BCUT2D eigenvalue weighted by atomic mass is 10.1. The van der Waals surface area contributed by atoms with Crippen LogP contribution in [0.4, 0.5) is 5.82 Å². The van der Waals surface area contributed by atoms with Crippen LogP contribution in [-0.2, 0) is 9.84 Å². The number of sulfone groups is 1. The fourth-order valence-electron chi connectivity index (χ4n) is 2.53. The number of nitrogen functional groups attached to an aromatic ring is 1. The standard InChI is InChI=1S/C12H13Br2N3O2S2/c1-6-10(8-4-9(13)20-11(8)14)16-17(12(6)15)7-2-3-21(18,19)5-7/h4,7H,2-3,5,15H2,1H3. The Kier molecular flexibility index (Phi) is 3.96. The first kappa shape index (κ1) is 15.5. The molecule has 1 atom stereocenters. The minimum absolute atomic E-state index is 0.117. The number of rotatable bonds is 2. The second-order valence-electron chi connectivity index (χ2n) is 5.10. The lowest BCUT2D eigenvalue weighted by molar-refractivity contribution is 0.508. The van der Waals surface area contributed by atoms with Crippen molar-refractivity contribution in [2.45, 2.75) is 19.4 Å². The molecule has 114 valence electrons. The molecule has 0 amide bonds. The zero-order valence-corrected chi connectivity index (χ0v) is 15.9. The van der Waals surface area contributed by atoms with Crippen molar-refractivity contribution in [1.29, 1.82) is 0 Å². The number of hydrogen-bond donors (Lipinski definition) is 1. The van der Waals surface area contributed by atoms with Gasteiger partial charge in [-0.3, -0.25) is 0 Å². The van der Waals surface area contributed by atoms with Crippen LogP contribution >= 0.6 is 43.2 Å². The van der Waals surface area contributed by atoms with Crippen LogP contribution < -0.4 is 5.73 Å². The van der Waals surface area contributed by atoms with Crippen molar-refractivity contribution in [3.8, 4) is 11.3 Å². The predicted molar refractivity (Wildman–Crippen MR) is 92.4 cm³/mol. The molecule has 0 bridgehead atoms. The van der Waals surface area contributed by atoms with E-state index in [2.05, 4.69) is 37.0 Å². The summed E-state index contributed by atoms with van der Waals surface area (Å²) in [6.07, 6.45) is 0.571. The smallest absolute Gasteiger partial charge is 0.152 e. The first-order valence-corrected chi connectivity index (χ1v) is 10.5. The SMILES string of the molecule is Cc1c(-c2cc(Br)sc2Br)nn(C2CCS(=O)(=O)C2)c1N. The molecule has 0 aliphatic carbocycles. The minimum Gasteiger partial charge on any atom is -0.384 e. The molecule has 0 spiro atoms. The Balaban J connectivity index is 2.06. The first-order chi connectivity index (χ1) is 9.78. The largest absolute Gasteiger partial charge is 0.384 e. The number of nitrogens with zero attached hydrogens (tertiary/aromatic N) is 2. The van der Waals surface area contributed by atoms with Gasteiger partial charge in [-0.1, -0.05) is 0 Å². The fourth-order valence-corrected chi connectivity index (χ4v) is 7.03. The summed E-state index contributed by atoms with van der Waals surface area (Å²) in [5.74, 6) is 0.868. The molecular formula is C12H13Br2N3O2S2. The van der Waals surface area contributed by atoms with E-state index in [9.17, 15) is 8.42 Å². The van der Waals surface area contributed by atoms with Crippen LogP contribution in [0.15, 0.2) is 13.6 Å². The lowest BCUT2D eigenvalue weighted by Crippen LogP contribution is -2.14. The Morgan fingerprint density at radius 3 is 2.71 bits per heavy atom. The molecular weight excluding hydrogens is 442 g/mol. The normalized spacial score (nSPS) is 21.0. The maximum absolute atomic E-state index is 11.7. The number of aromatic nitrogens is 2. The average molecular weight is 455 g/mol. The maximum Gasteiger partial charge on any atom is 0.152 e. The van der Waals surface area contributed by atoms with E-state index in [-0.39, 0.29) is 17.5 Å². The second-order valence-corrected chi connectivity index (χ2v) is 11.1. The van der Waals surface area contributed by atoms with Gasteiger partial charge >= 0.3 is 0 Å². The molecule has 3 heterocycles. The van der Waals surface area contributed by atoms with Crippen LogP contribution in [0.1, 0.15) is 18.0 Å². The van der Waals surface area contributed by atoms with Crippen molar-refractivity contribution in [3.05, 3.63) is 19.2 Å². The van der Waals surface area contributed by atoms with E-state index in [1.807, 2.05) is 13.0 Å². The number of hydrogen-bond acceptors (Lipinski definition) is 5. The summed E-state index contributed by atoms with van der Waals surface area (Å²) in [6, 6.07) is 1.82. The molecule has 1 unspecified atom stereocenters. The molecule has 1 saturated heterocycles. The van der Waals surface area contributed by atoms with Crippen molar-refractivity contribution < 1.29 is 8.42 Å². The Morgan fingerprint density at radius 1 is 1.48 bits per heavy atom. The van der Waals surface area contributed by atoms with Crippen LogP contribution in [0.25, 0.3) is 11.3 Å². The summed E-state index contributed by atoms with van der Waals surface area (Å²) in [7, 11) is -2.96. The van der Waals surface area contributed by atoms with E-state index in [4.69, 9.17) is 5.73 Å². The van der Waals surface area contributed by atoms with E-state index in [1.165, 1.54) is 0 Å². The Morgan fingerprint density at radius 2 is 2.19 bits per heavy atom. The molecule has 2 aromatic rings. The molecule has 21 heavy (non-hydrogen) atoms. The van der Waals surface area contributed by atoms with Gasteiger partial charge in [0, 0.05) is 11.1 Å². The third-order valence-electron chi connectivity index (χ3n) is 3.66. The number of thiophene rings is 1. The quantitative estimate of drug-likeness (QED) is 0.754. The summed E-state index contributed by atoms with van der Waals surface area (Å²) in [4.78, 5) is 0. The Hall–Kier alpha value is -0.380. The van der Waals surface area contributed by atoms with Crippen molar-refractivity contribution in [2.24, 2.45) is 0 Å². The molecule has 1 aliphatic heterocycles. The molecule has 0 aromatic carbocycles. The predicted octanol–water partition coefficient (Wildman–Crippen LogP) is 3.39. The highest BCUT2D eigenvalue weighted by Gasteiger charge is 2.32. The van der Waals surface area contributed by atoms with Gasteiger partial charge in [-0.05, 0) is 51.3 Å². The fraction of sp³-hybridized carbons (Fsp3) is 0.417. The number of anilines is 1. The van der Waals surface area contributed by atoms with Gasteiger partial charge in [0.05, 0.1) is 30.8 Å². The van der Waals surface area contributed by atoms with Crippen molar-refractivity contribution in [1.82, 2.24) is 9.78 Å². The van der Waals surface area contributed by atoms with E-state index >= 15 is 0 Å². The van der Waals surface area contributed by atoms with E-state index in [0.717, 1.165) is 24.4 Å². The van der Waals surface area contributed by atoms with Crippen molar-refractivity contribution in [2.75, 3.05) is 17.2 Å². The number of nitrogens with two attached hydrogens (primary N) is 1. The zero-order chi connectivity index (χ0) is 15.4. The topological polar surface area (TPSA) is 78.0 Å². The summed E-state index contributed by atoms with van der Waals surface area (Å²) in [6.45, 7) is 1.91. The van der Waals surface area contributed by atoms with Crippen LogP contribution in [0.2, 0.25) is 0 Å². The molecule has 0 saturated carbocycles. The monoisotopic (exact) mass is 453 g/mol. The summed E-state index contributed by atoms with van der Waals surface area (Å²) < 4.78 is 26.9. The van der Waals surface area contributed by atoms with Gasteiger partial charge in [-0.15, -0.1) is 11.3 Å². The third kappa shape index (κ3) is 2.80. The molecule has 3 rings (SSSR count). The van der Waals surface area contributed by atoms with Crippen molar-refractivity contribution in [3.63, 3.8) is 0 Å². The molecule has 0 radical (unpaired) electrons. The molecule has 2 N–H and O–H groups in total. The van der Waals surface area contributed by atoms with E-state index < -0.39 is 9.84 Å². The summed E-state index contributed by atoms with van der Waals surface area (Å²) >= 11 is 8.55. The highest BCUT2D eigenvalue weighted by Crippen LogP contribution is 2.41. The first-order valence-electron chi connectivity index (χ1n) is 6.28. The third-order valence-corrected chi connectivity index (χ3v) is 7.75. The minimum atomic E-state index is -2.96. The highest BCUT2D eigenvalue weighted by atomic mass is 79.9. The van der Waals surface area contributed by atoms with E-state index in [1.54, 1.807) is 16.0 Å². The van der Waals surface area contributed by atoms with Gasteiger partial charge in [-0.2, -0.15) is 5.10 Å². The highest BCUT2D eigenvalue weighted by molar-refractivity contribution is 9.12. The average Bonchev–Trinajstić information content (AvgIpc) is 2.99. The Bertz CT molecular complexity index is 811. The molecule has 9 heteroatoms. The van der Waals surface area contributed by atoms with E-state index in [0.29, 0.717) is 12.2 Å². The molecule has 1 aliphatic rings. The van der Waals surface area contributed by atoms with Crippen molar-refractivity contribution >= 4 is 58.9 Å². The molecule has 2 aromatic heterocycles. The molecule has 5 nitrogen and oxygen atoms in total. The van der Waals surface area contributed by atoms with Gasteiger partial charge in [0.25, 0.3) is 0 Å². The van der Waals surface area contributed by atoms with Gasteiger partial charge < -0.3 is 5.73 Å². The van der Waals surface area contributed by atoms with Crippen LogP contribution in [0, 0.1) is 6.92 Å². The zero-order valence-electron chi connectivity index (χ0n) is 11.1. The van der Waals surface area contributed by atoms with Gasteiger partial charge in [0.15, 0.2) is 9.84 Å². The van der Waals surface area contributed by atoms with Gasteiger partial charge in [0.2, 0.25) is 0 Å². The van der Waals surface area contributed by atoms with Crippen LogP contribution in [0.3, 0.4) is 0 Å². The van der Waals surface area contributed by atoms with Gasteiger partial charge in [-0.25, -0.2) is 13.1 Å². The van der Waals surface area contributed by atoms with Gasteiger partial charge in [0.1, 0.15) is 5.82 Å².